The molecule has 0 saturated heterocycles. The number of nitrogens with one attached hydrogen (secondary N) is 3. The van der Waals surface area contributed by atoms with E-state index in [0.29, 0.717) is 17.6 Å². The van der Waals surface area contributed by atoms with Gasteiger partial charge >= 0.3 is 18.0 Å². The molecular weight excluding hydrogens is 416 g/mol. The van der Waals surface area contributed by atoms with E-state index in [4.69, 9.17) is 4.74 Å². The molecule has 1 atom stereocenters. The van der Waals surface area contributed by atoms with Gasteiger partial charge in [-0.2, -0.15) is 0 Å². The summed E-state index contributed by atoms with van der Waals surface area (Å²) < 4.78 is 9.48. The Morgan fingerprint density at radius 3 is 2.47 bits per heavy atom. The molecule has 0 unspecified atom stereocenters. The van der Waals surface area contributed by atoms with Crippen molar-refractivity contribution in [3.05, 3.63) is 54.1 Å². The van der Waals surface area contributed by atoms with Gasteiger partial charge < -0.3 is 20.1 Å². The number of carbonyl (C=O) groups is 3. The number of urea groups is 1. The summed E-state index contributed by atoms with van der Waals surface area (Å²) in [5.41, 5.74) is 1.70. The van der Waals surface area contributed by atoms with Gasteiger partial charge in [0.25, 0.3) is 0 Å². The number of hydrogen-bond donors (Lipinski definition) is 3. The van der Waals surface area contributed by atoms with Crippen LogP contribution in [0.3, 0.4) is 0 Å². The molecule has 3 rings (SSSR count). The first-order chi connectivity index (χ1) is 15.5. The molecule has 2 heterocycles. The number of carbonyl (C=O) groups excluding carboxylic acids is 3. The van der Waals surface area contributed by atoms with E-state index in [1.54, 1.807) is 31.4 Å². The second-order valence-electron chi connectivity index (χ2n) is 6.56. The van der Waals surface area contributed by atoms with Crippen molar-refractivity contribution < 1.29 is 23.9 Å². The van der Waals surface area contributed by atoms with Crippen LogP contribution < -0.4 is 16.0 Å². The van der Waals surface area contributed by atoms with Crippen molar-refractivity contribution in [2.45, 2.75) is 12.5 Å². The minimum atomic E-state index is -0.727. The third kappa shape index (κ3) is 4.95. The average molecular weight is 438 g/mol. The highest BCUT2D eigenvalue weighted by Gasteiger charge is 2.20. The maximum Gasteiger partial charge on any atom is 0.360 e. The Bertz CT molecular complexity index is 1150. The molecule has 32 heavy (non-hydrogen) atoms. The fraction of sp³-hybridized carbons (Fsp3) is 0.238. The second-order valence-corrected chi connectivity index (χ2v) is 6.56. The minimum Gasteiger partial charge on any atom is -0.468 e. The molecule has 0 saturated carbocycles. The normalized spacial score (nSPS) is 11.5. The minimum absolute atomic E-state index is 0.0410. The Labute approximate surface area is 183 Å². The van der Waals surface area contributed by atoms with Gasteiger partial charge in [-0.1, -0.05) is 12.1 Å². The van der Waals surface area contributed by atoms with Gasteiger partial charge in [0.05, 0.1) is 25.4 Å². The predicted molar refractivity (Wildman–Crippen MR) is 116 cm³/mol. The number of methoxy groups -OCH3 is 2. The molecule has 1 aromatic carbocycles. The third-order valence-corrected chi connectivity index (χ3v) is 4.68. The van der Waals surface area contributed by atoms with Crippen LogP contribution in [0.2, 0.25) is 0 Å². The van der Waals surface area contributed by atoms with Crippen molar-refractivity contribution in [2.24, 2.45) is 0 Å². The Kier molecular flexibility index (Phi) is 7.24. The molecule has 0 spiro atoms. The summed E-state index contributed by atoms with van der Waals surface area (Å²) in [6, 6.07) is 5.94. The van der Waals surface area contributed by atoms with Crippen molar-refractivity contribution >= 4 is 40.4 Å². The molecule has 3 aromatic rings. The molecule has 0 aliphatic carbocycles. The number of aromatic nitrogens is 3. The molecule has 0 aliphatic rings. The van der Waals surface area contributed by atoms with Gasteiger partial charge in [-0.15, -0.1) is 0 Å². The maximum atomic E-state index is 12.6. The van der Waals surface area contributed by atoms with Crippen molar-refractivity contribution in [3.8, 4) is 0 Å². The van der Waals surface area contributed by atoms with Crippen LogP contribution in [0.5, 0.6) is 0 Å². The largest absolute Gasteiger partial charge is 0.468 e. The number of benzene rings is 1. The van der Waals surface area contributed by atoms with Crippen LogP contribution >= 0.6 is 0 Å². The number of amides is 2. The number of fused-ring (bicyclic) bond motifs is 1. The molecule has 11 heteroatoms. The topological polar surface area (TPSA) is 144 Å². The molecule has 2 aromatic heterocycles. The number of pyridine rings is 1. The van der Waals surface area contributed by atoms with E-state index in [1.165, 1.54) is 26.6 Å². The van der Waals surface area contributed by atoms with Crippen LogP contribution in [0.15, 0.2) is 42.9 Å². The SMILES string of the molecule is CN[C@@H](Cc1ccc(NC(=O)Nc2nccnc2C(=O)OC)c2ncccc12)C(=O)OC. The first-order valence-corrected chi connectivity index (χ1v) is 9.57. The lowest BCUT2D eigenvalue weighted by atomic mass is 10.00. The quantitative estimate of drug-likeness (QED) is 0.470. The number of ether oxygens (including phenoxy) is 2. The first kappa shape index (κ1) is 22.6. The Balaban J connectivity index is 1.86. The van der Waals surface area contributed by atoms with E-state index in [9.17, 15) is 14.4 Å². The van der Waals surface area contributed by atoms with Gasteiger partial charge in [-0.25, -0.2) is 19.6 Å². The molecule has 2 amide bonds. The predicted octanol–water partition coefficient (Wildman–Crippen LogP) is 1.76. The zero-order chi connectivity index (χ0) is 23.1. The second kappa shape index (κ2) is 10.3. The van der Waals surface area contributed by atoms with Crippen LogP contribution in [0.25, 0.3) is 10.9 Å². The molecule has 0 fully saturated rings. The number of esters is 2. The molecule has 0 radical (unpaired) electrons. The lowest BCUT2D eigenvalue weighted by Gasteiger charge is -2.16. The lowest BCUT2D eigenvalue weighted by molar-refractivity contribution is -0.142. The van der Waals surface area contributed by atoms with Crippen molar-refractivity contribution in [2.75, 3.05) is 31.9 Å². The van der Waals surface area contributed by atoms with Gasteiger partial charge in [0, 0.05) is 24.0 Å². The summed E-state index contributed by atoms with van der Waals surface area (Å²) in [5, 5.41) is 8.90. The summed E-state index contributed by atoms with van der Waals surface area (Å²) in [6.45, 7) is 0. The Morgan fingerprint density at radius 1 is 0.969 bits per heavy atom. The van der Waals surface area contributed by atoms with E-state index in [0.717, 1.165) is 10.9 Å². The van der Waals surface area contributed by atoms with E-state index < -0.39 is 18.0 Å². The van der Waals surface area contributed by atoms with Crippen LogP contribution in [0.4, 0.5) is 16.3 Å². The van der Waals surface area contributed by atoms with Gasteiger partial charge in [0.15, 0.2) is 11.5 Å². The molecule has 166 valence electrons. The molecule has 11 nitrogen and oxygen atoms in total. The van der Waals surface area contributed by atoms with Gasteiger partial charge in [-0.05, 0) is 31.2 Å². The first-order valence-electron chi connectivity index (χ1n) is 9.57. The van der Waals surface area contributed by atoms with Gasteiger partial charge in [0.1, 0.15) is 6.04 Å². The summed E-state index contributed by atoms with van der Waals surface area (Å²) in [6.07, 6.45) is 4.63. The summed E-state index contributed by atoms with van der Waals surface area (Å²) >= 11 is 0. The fourth-order valence-electron chi connectivity index (χ4n) is 3.11. The van der Waals surface area contributed by atoms with Crippen LogP contribution in [0, 0.1) is 0 Å². The lowest BCUT2D eigenvalue weighted by Crippen LogP contribution is -2.36. The maximum absolute atomic E-state index is 12.6. The zero-order valence-electron chi connectivity index (χ0n) is 17.7. The molecule has 0 aliphatic heterocycles. The van der Waals surface area contributed by atoms with Crippen LogP contribution in [0.1, 0.15) is 16.1 Å². The highest BCUT2D eigenvalue weighted by molar-refractivity contribution is 6.07. The highest BCUT2D eigenvalue weighted by atomic mass is 16.5. The smallest absolute Gasteiger partial charge is 0.360 e. The van der Waals surface area contributed by atoms with E-state index >= 15 is 0 Å². The van der Waals surface area contributed by atoms with Crippen LogP contribution in [-0.2, 0) is 20.7 Å². The number of hydrogen-bond acceptors (Lipinski definition) is 9. The zero-order valence-corrected chi connectivity index (χ0v) is 17.7. The summed E-state index contributed by atoms with van der Waals surface area (Å²) in [4.78, 5) is 48.6. The third-order valence-electron chi connectivity index (χ3n) is 4.68. The fourth-order valence-corrected chi connectivity index (χ4v) is 3.11. The van der Waals surface area contributed by atoms with Crippen molar-refractivity contribution in [3.63, 3.8) is 0 Å². The van der Waals surface area contributed by atoms with Gasteiger partial charge in [-0.3, -0.25) is 15.1 Å². The van der Waals surface area contributed by atoms with E-state index in [1.807, 2.05) is 6.07 Å². The summed E-state index contributed by atoms with van der Waals surface area (Å²) in [7, 11) is 4.22. The van der Waals surface area contributed by atoms with Crippen molar-refractivity contribution in [1.29, 1.82) is 0 Å². The van der Waals surface area contributed by atoms with E-state index in [2.05, 4.69) is 35.6 Å². The number of rotatable bonds is 7. The number of nitrogens with zero attached hydrogens (tertiary/aromatic N) is 3. The molecular formula is C21H22N6O5. The highest BCUT2D eigenvalue weighted by Crippen LogP contribution is 2.26. The van der Waals surface area contributed by atoms with Crippen LogP contribution in [-0.4, -0.2) is 60.2 Å². The standard InChI is InChI=1S/C21H22N6O5/c1-22-15(19(28)31-2)11-12-6-7-14(16-13(12)5-4-8-23-16)26-21(30)27-18-17(20(29)32-3)24-9-10-25-18/h4-10,15,22H,11H2,1-3H3,(H2,25,26,27,30)/t15-/m0/s1. The number of anilines is 2. The Morgan fingerprint density at radius 2 is 1.75 bits per heavy atom. The van der Waals surface area contributed by atoms with E-state index in [-0.39, 0.29) is 17.5 Å². The number of likely N-dealkylation sites (N-methyl/N-ethyl adjacent to an activating group) is 1. The van der Waals surface area contributed by atoms with Gasteiger partial charge in [0.2, 0.25) is 0 Å². The average Bonchev–Trinajstić information content (AvgIpc) is 2.83. The van der Waals surface area contributed by atoms with Crippen molar-refractivity contribution in [1.82, 2.24) is 20.3 Å². The molecule has 0 bridgehead atoms. The summed E-state index contributed by atoms with van der Waals surface area (Å²) in [5.74, 6) is -1.15. The Hall–Kier alpha value is -4.12. The monoisotopic (exact) mass is 438 g/mol. The molecule has 3 N–H and O–H groups in total.